The van der Waals surface area contributed by atoms with Crippen molar-refractivity contribution in [3.8, 4) is 11.6 Å². The standard InChI is InChI=1S/C26H31ClN4O5/c1-18(19-6-8-23(34-2)9-7-19)28-16-22(32)17-35-25-15-24(36-29-25)26(33)31-12-10-30(11-13-31)21-5-3-4-20(27)14-21/h3-9,14-15,18,22,28,32H,10-13,16-17H2,1-2H3/t18-,22+/m1/s1. The average molecular weight is 515 g/mol. The second-order valence-electron chi connectivity index (χ2n) is 8.66. The molecule has 3 aromatic rings. The van der Waals surface area contributed by atoms with Crippen LogP contribution in [0.2, 0.25) is 5.02 Å². The molecule has 9 nitrogen and oxygen atoms in total. The number of carbonyl (C=O) groups is 1. The van der Waals surface area contributed by atoms with Gasteiger partial charge in [-0.1, -0.05) is 29.8 Å². The van der Waals surface area contributed by atoms with Gasteiger partial charge in [-0.3, -0.25) is 4.79 Å². The largest absolute Gasteiger partial charge is 0.497 e. The highest BCUT2D eigenvalue weighted by Crippen LogP contribution is 2.22. The SMILES string of the molecule is COc1ccc([C@@H](C)NC[C@H](O)COc2cc(C(=O)N3CCN(c4cccc(Cl)c4)CC3)on2)cc1. The number of rotatable bonds is 10. The molecule has 2 heterocycles. The number of aliphatic hydroxyl groups is 1. The molecule has 1 aliphatic heterocycles. The van der Waals surface area contributed by atoms with E-state index in [4.69, 9.17) is 25.6 Å². The van der Waals surface area contributed by atoms with Crippen LogP contribution in [0.4, 0.5) is 5.69 Å². The van der Waals surface area contributed by atoms with E-state index in [0.717, 1.165) is 17.0 Å². The van der Waals surface area contributed by atoms with Crippen LogP contribution in [0.5, 0.6) is 11.6 Å². The molecule has 2 atom stereocenters. The number of halogens is 1. The summed E-state index contributed by atoms with van der Waals surface area (Å²) in [5.41, 5.74) is 2.12. The molecule has 0 bridgehead atoms. The van der Waals surface area contributed by atoms with Gasteiger partial charge < -0.3 is 34.2 Å². The highest BCUT2D eigenvalue weighted by molar-refractivity contribution is 6.30. The topological polar surface area (TPSA) is 100 Å². The van der Waals surface area contributed by atoms with Crippen molar-refractivity contribution in [2.75, 3.05) is 51.3 Å². The number of carbonyl (C=O) groups excluding carboxylic acids is 1. The zero-order valence-electron chi connectivity index (χ0n) is 20.4. The number of methoxy groups -OCH3 is 1. The minimum Gasteiger partial charge on any atom is -0.497 e. The van der Waals surface area contributed by atoms with Crippen LogP contribution in [-0.4, -0.2) is 73.6 Å². The number of hydrogen-bond donors (Lipinski definition) is 2. The van der Waals surface area contributed by atoms with Crippen LogP contribution in [0.3, 0.4) is 0 Å². The van der Waals surface area contributed by atoms with Crippen molar-refractivity contribution in [1.29, 1.82) is 0 Å². The second kappa shape index (κ2) is 12.1. The highest BCUT2D eigenvalue weighted by Gasteiger charge is 2.25. The van der Waals surface area contributed by atoms with Gasteiger partial charge in [0, 0.05) is 49.5 Å². The maximum Gasteiger partial charge on any atom is 0.292 e. The van der Waals surface area contributed by atoms with Crippen molar-refractivity contribution >= 4 is 23.2 Å². The molecule has 10 heteroatoms. The van der Waals surface area contributed by atoms with E-state index in [-0.39, 0.29) is 30.2 Å². The molecule has 36 heavy (non-hydrogen) atoms. The van der Waals surface area contributed by atoms with Crippen LogP contribution in [0.15, 0.2) is 59.1 Å². The summed E-state index contributed by atoms with van der Waals surface area (Å²) in [5, 5.41) is 18.1. The fourth-order valence-corrected chi connectivity index (χ4v) is 4.17. The molecule has 2 aromatic carbocycles. The van der Waals surface area contributed by atoms with Gasteiger partial charge >= 0.3 is 0 Å². The average Bonchev–Trinajstić information content (AvgIpc) is 3.39. The third-order valence-electron chi connectivity index (χ3n) is 6.14. The van der Waals surface area contributed by atoms with E-state index in [1.54, 1.807) is 12.0 Å². The lowest BCUT2D eigenvalue weighted by Gasteiger charge is -2.35. The molecule has 0 spiro atoms. The first-order chi connectivity index (χ1) is 17.4. The fraction of sp³-hybridized carbons (Fsp3) is 0.385. The van der Waals surface area contributed by atoms with Crippen LogP contribution in [0.1, 0.15) is 29.1 Å². The number of nitrogens with one attached hydrogen (secondary N) is 1. The smallest absolute Gasteiger partial charge is 0.292 e. The normalized spacial score (nSPS) is 15.4. The molecule has 0 radical (unpaired) electrons. The molecule has 0 saturated carbocycles. The fourth-order valence-electron chi connectivity index (χ4n) is 3.99. The summed E-state index contributed by atoms with van der Waals surface area (Å²) in [6.07, 6.45) is -0.763. The number of anilines is 1. The minimum absolute atomic E-state index is 0.0147. The highest BCUT2D eigenvalue weighted by atomic mass is 35.5. The number of benzene rings is 2. The Hall–Kier alpha value is -3.27. The van der Waals surface area contributed by atoms with Crippen molar-refractivity contribution in [3.63, 3.8) is 0 Å². The predicted octanol–water partition coefficient (Wildman–Crippen LogP) is 3.39. The zero-order chi connectivity index (χ0) is 25.5. The Morgan fingerprint density at radius 2 is 1.92 bits per heavy atom. The van der Waals surface area contributed by atoms with E-state index in [0.29, 0.717) is 37.7 Å². The lowest BCUT2D eigenvalue weighted by molar-refractivity contribution is 0.0703. The van der Waals surface area contributed by atoms with Gasteiger partial charge in [0.15, 0.2) is 0 Å². The van der Waals surface area contributed by atoms with E-state index in [1.807, 2.05) is 55.5 Å². The quantitative estimate of drug-likeness (QED) is 0.424. The molecule has 1 aliphatic rings. The Balaban J connectivity index is 1.20. The molecule has 0 unspecified atom stereocenters. The van der Waals surface area contributed by atoms with E-state index < -0.39 is 6.10 Å². The van der Waals surface area contributed by atoms with Gasteiger partial charge in [-0.05, 0) is 48.0 Å². The summed E-state index contributed by atoms with van der Waals surface area (Å²) in [6, 6.07) is 16.9. The van der Waals surface area contributed by atoms with Crippen LogP contribution in [-0.2, 0) is 0 Å². The first kappa shape index (κ1) is 25.8. The first-order valence-electron chi connectivity index (χ1n) is 11.9. The van der Waals surface area contributed by atoms with E-state index >= 15 is 0 Å². The molecular weight excluding hydrogens is 484 g/mol. The van der Waals surface area contributed by atoms with E-state index in [2.05, 4.69) is 15.4 Å². The summed E-state index contributed by atoms with van der Waals surface area (Å²) in [6.45, 7) is 4.85. The second-order valence-corrected chi connectivity index (χ2v) is 9.09. The summed E-state index contributed by atoms with van der Waals surface area (Å²) in [4.78, 5) is 16.7. The zero-order valence-corrected chi connectivity index (χ0v) is 21.1. The summed E-state index contributed by atoms with van der Waals surface area (Å²) in [5.74, 6) is 0.836. The molecule has 192 valence electrons. The van der Waals surface area contributed by atoms with Crippen molar-refractivity contribution in [1.82, 2.24) is 15.4 Å². The van der Waals surface area contributed by atoms with Gasteiger partial charge in [0.2, 0.25) is 5.76 Å². The number of ether oxygens (including phenoxy) is 2. The maximum absolute atomic E-state index is 12.8. The predicted molar refractivity (Wildman–Crippen MR) is 137 cm³/mol. The third kappa shape index (κ3) is 6.69. The summed E-state index contributed by atoms with van der Waals surface area (Å²) < 4.78 is 15.9. The molecule has 2 N–H and O–H groups in total. The summed E-state index contributed by atoms with van der Waals surface area (Å²) in [7, 11) is 1.63. The number of aliphatic hydroxyl groups excluding tert-OH is 1. The number of aromatic nitrogens is 1. The minimum atomic E-state index is -0.763. The van der Waals surface area contributed by atoms with Crippen LogP contribution in [0.25, 0.3) is 0 Å². The van der Waals surface area contributed by atoms with Crippen molar-refractivity contribution in [3.05, 3.63) is 70.9 Å². The number of amides is 1. The number of nitrogens with zero attached hydrogens (tertiary/aromatic N) is 3. The Morgan fingerprint density at radius 1 is 1.17 bits per heavy atom. The molecule has 1 amide bonds. The lowest BCUT2D eigenvalue weighted by Crippen LogP contribution is -2.48. The van der Waals surface area contributed by atoms with Gasteiger partial charge in [0.1, 0.15) is 18.5 Å². The summed E-state index contributed by atoms with van der Waals surface area (Å²) >= 11 is 6.09. The first-order valence-corrected chi connectivity index (χ1v) is 12.3. The monoisotopic (exact) mass is 514 g/mol. The van der Waals surface area contributed by atoms with Gasteiger partial charge in [0.05, 0.1) is 13.2 Å². The van der Waals surface area contributed by atoms with Gasteiger partial charge in [-0.15, -0.1) is 0 Å². The maximum atomic E-state index is 12.8. The van der Waals surface area contributed by atoms with Crippen molar-refractivity contribution in [2.24, 2.45) is 0 Å². The molecule has 1 fully saturated rings. The Morgan fingerprint density at radius 3 is 2.61 bits per heavy atom. The van der Waals surface area contributed by atoms with Crippen LogP contribution < -0.4 is 19.7 Å². The van der Waals surface area contributed by atoms with E-state index in [9.17, 15) is 9.90 Å². The van der Waals surface area contributed by atoms with Crippen molar-refractivity contribution in [2.45, 2.75) is 19.1 Å². The molecule has 0 aliphatic carbocycles. The van der Waals surface area contributed by atoms with Crippen molar-refractivity contribution < 1.29 is 23.9 Å². The van der Waals surface area contributed by atoms with Gasteiger partial charge in [-0.2, -0.15) is 0 Å². The van der Waals surface area contributed by atoms with Gasteiger partial charge in [0.25, 0.3) is 11.8 Å². The van der Waals surface area contributed by atoms with E-state index in [1.165, 1.54) is 6.07 Å². The van der Waals surface area contributed by atoms with Gasteiger partial charge in [-0.25, -0.2) is 0 Å². The Labute approximate surface area is 215 Å². The molecule has 1 saturated heterocycles. The third-order valence-corrected chi connectivity index (χ3v) is 6.37. The number of hydrogen-bond acceptors (Lipinski definition) is 8. The Bertz CT molecular complexity index is 1130. The molecule has 4 rings (SSSR count). The molecule has 1 aromatic heterocycles. The Kier molecular flexibility index (Phi) is 8.69. The van der Waals surface area contributed by atoms with Crippen LogP contribution in [0, 0.1) is 0 Å². The molecular formula is C26H31ClN4O5. The van der Waals surface area contributed by atoms with Crippen LogP contribution >= 0.6 is 11.6 Å². The number of piperazine rings is 1. The lowest BCUT2D eigenvalue weighted by atomic mass is 10.1.